The molecule has 0 aliphatic rings. The molecule has 20 heavy (non-hydrogen) atoms. The highest BCUT2D eigenvalue weighted by Crippen LogP contribution is 2.26. The second kappa shape index (κ2) is 7.25. The highest BCUT2D eigenvalue weighted by molar-refractivity contribution is 9.10. The minimum Gasteiger partial charge on any atom is -0.370 e. The van der Waals surface area contributed by atoms with Gasteiger partial charge in [-0.25, -0.2) is 0 Å². The predicted octanol–water partition coefficient (Wildman–Crippen LogP) is 4.65. The van der Waals surface area contributed by atoms with Gasteiger partial charge in [-0.05, 0) is 40.1 Å². The Labute approximate surface area is 133 Å². The van der Waals surface area contributed by atoms with Gasteiger partial charge in [0.15, 0.2) is 0 Å². The summed E-state index contributed by atoms with van der Waals surface area (Å²) >= 11 is 5.33. The molecule has 4 heteroatoms. The van der Waals surface area contributed by atoms with Crippen LogP contribution in [0.3, 0.4) is 0 Å². The number of hydrogen-bond donors (Lipinski definition) is 1. The molecule has 108 valence electrons. The smallest absolute Gasteiger partial charge is 0.0434 e. The fourth-order valence-electron chi connectivity index (χ4n) is 2.10. The molecule has 1 heterocycles. The molecule has 0 amide bonds. The van der Waals surface area contributed by atoms with Crippen molar-refractivity contribution in [3.8, 4) is 0 Å². The minimum atomic E-state index is 0.494. The van der Waals surface area contributed by atoms with Crippen LogP contribution in [0.1, 0.15) is 25.0 Å². The van der Waals surface area contributed by atoms with Crippen LogP contribution < -0.4 is 10.2 Å². The Morgan fingerprint density at radius 1 is 1.30 bits per heavy atom. The maximum atomic E-state index is 3.58. The van der Waals surface area contributed by atoms with Crippen molar-refractivity contribution in [1.82, 2.24) is 5.32 Å². The summed E-state index contributed by atoms with van der Waals surface area (Å²) in [4.78, 5) is 2.31. The molecule has 0 aliphatic heterocycles. The highest BCUT2D eigenvalue weighted by atomic mass is 79.9. The van der Waals surface area contributed by atoms with Crippen molar-refractivity contribution in [3.05, 3.63) is 50.6 Å². The van der Waals surface area contributed by atoms with Gasteiger partial charge in [-0.15, -0.1) is 0 Å². The van der Waals surface area contributed by atoms with Gasteiger partial charge in [0.25, 0.3) is 0 Å². The fraction of sp³-hybridized carbons (Fsp3) is 0.375. The summed E-state index contributed by atoms with van der Waals surface area (Å²) < 4.78 is 1.12. The Hall–Kier alpha value is -0.840. The van der Waals surface area contributed by atoms with Gasteiger partial charge in [-0.2, -0.15) is 11.3 Å². The molecule has 0 fully saturated rings. The summed E-state index contributed by atoms with van der Waals surface area (Å²) in [5.74, 6) is 0. The maximum Gasteiger partial charge on any atom is 0.0434 e. The van der Waals surface area contributed by atoms with Crippen LogP contribution in [0.15, 0.2) is 39.5 Å². The highest BCUT2D eigenvalue weighted by Gasteiger charge is 2.09. The van der Waals surface area contributed by atoms with E-state index in [-0.39, 0.29) is 0 Å². The van der Waals surface area contributed by atoms with E-state index in [1.54, 1.807) is 11.3 Å². The van der Waals surface area contributed by atoms with Gasteiger partial charge in [-0.1, -0.05) is 35.8 Å². The summed E-state index contributed by atoms with van der Waals surface area (Å²) in [7, 11) is 2.15. The number of rotatable bonds is 6. The molecular formula is C16H21BrN2S. The van der Waals surface area contributed by atoms with E-state index in [2.05, 4.69) is 82.1 Å². The molecule has 1 aromatic carbocycles. The Bertz CT molecular complexity index is 537. The second-order valence-electron chi connectivity index (χ2n) is 5.30. The third-order valence-corrected chi connectivity index (χ3v) is 4.38. The van der Waals surface area contributed by atoms with Gasteiger partial charge in [-0.3, -0.25) is 0 Å². The molecule has 2 rings (SSSR count). The largest absolute Gasteiger partial charge is 0.370 e. The van der Waals surface area contributed by atoms with Crippen molar-refractivity contribution in [2.24, 2.45) is 0 Å². The monoisotopic (exact) mass is 352 g/mol. The van der Waals surface area contributed by atoms with Gasteiger partial charge in [0.2, 0.25) is 0 Å². The normalized spacial score (nSPS) is 11.1. The molecule has 0 saturated heterocycles. The number of halogens is 1. The van der Waals surface area contributed by atoms with Crippen LogP contribution >= 0.6 is 27.3 Å². The molecule has 0 saturated carbocycles. The van der Waals surface area contributed by atoms with E-state index < -0.39 is 0 Å². The van der Waals surface area contributed by atoms with Crippen LogP contribution in [0, 0.1) is 0 Å². The number of nitrogens with zero attached hydrogens (tertiary/aromatic N) is 1. The van der Waals surface area contributed by atoms with Crippen LogP contribution in [0.5, 0.6) is 0 Å². The average molecular weight is 353 g/mol. The summed E-state index contributed by atoms with van der Waals surface area (Å²) in [6.07, 6.45) is 0. The van der Waals surface area contributed by atoms with Gasteiger partial charge < -0.3 is 10.2 Å². The zero-order valence-electron chi connectivity index (χ0n) is 12.2. The number of thiophene rings is 1. The quantitative estimate of drug-likeness (QED) is 0.814. The number of hydrogen-bond acceptors (Lipinski definition) is 3. The maximum absolute atomic E-state index is 3.58. The molecule has 0 radical (unpaired) electrons. The van der Waals surface area contributed by atoms with Gasteiger partial charge in [0.05, 0.1) is 0 Å². The minimum absolute atomic E-state index is 0.494. The summed E-state index contributed by atoms with van der Waals surface area (Å²) in [5, 5.41) is 7.83. The van der Waals surface area contributed by atoms with Crippen LogP contribution in [0.2, 0.25) is 0 Å². The second-order valence-corrected chi connectivity index (χ2v) is 6.99. The van der Waals surface area contributed by atoms with Crippen LogP contribution in [-0.2, 0) is 13.1 Å². The molecule has 0 atom stereocenters. The van der Waals surface area contributed by atoms with E-state index in [9.17, 15) is 0 Å². The number of benzene rings is 1. The van der Waals surface area contributed by atoms with Gasteiger partial charge >= 0.3 is 0 Å². The van der Waals surface area contributed by atoms with Crippen LogP contribution in [0.25, 0.3) is 0 Å². The zero-order chi connectivity index (χ0) is 14.5. The lowest BCUT2D eigenvalue weighted by molar-refractivity contribution is 0.588. The molecule has 2 nitrogen and oxygen atoms in total. The van der Waals surface area contributed by atoms with Crippen molar-refractivity contribution in [2.75, 3.05) is 11.9 Å². The van der Waals surface area contributed by atoms with Crippen molar-refractivity contribution < 1.29 is 0 Å². The van der Waals surface area contributed by atoms with E-state index in [0.29, 0.717) is 6.04 Å². The van der Waals surface area contributed by atoms with Gasteiger partial charge in [0.1, 0.15) is 0 Å². The average Bonchev–Trinajstić information content (AvgIpc) is 2.89. The first kappa shape index (κ1) is 15.5. The number of nitrogens with one attached hydrogen (secondary N) is 1. The molecule has 1 aromatic heterocycles. The topological polar surface area (TPSA) is 15.3 Å². The lowest BCUT2D eigenvalue weighted by Crippen LogP contribution is -2.24. The zero-order valence-corrected chi connectivity index (χ0v) is 14.6. The SMILES string of the molecule is CC(C)NCc1ccc(Br)cc1N(C)Cc1ccsc1. The van der Waals surface area contributed by atoms with Crippen molar-refractivity contribution >= 4 is 33.0 Å². The third-order valence-electron chi connectivity index (χ3n) is 3.16. The molecule has 0 spiro atoms. The first-order valence-corrected chi connectivity index (χ1v) is 8.54. The van der Waals surface area contributed by atoms with E-state index >= 15 is 0 Å². The molecule has 2 aromatic rings. The molecule has 0 unspecified atom stereocenters. The third kappa shape index (κ3) is 4.33. The Balaban J connectivity index is 2.17. The van der Waals surface area contributed by atoms with E-state index in [1.165, 1.54) is 16.8 Å². The van der Waals surface area contributed by atoms with E-state index in [0.717, 1.165) is 17.6 Å². The van der Waals surface area contributed by atoms with Crippen molar-refractivity contribution in [1.29, 1.82) is 0 Å². The fourth-order valence-corrected chi connectivity index (χ4v) is 3.11. The Kier molecular flexibility index (Phi) is 5.64. The van der Waals surface area contributed by atoms with Crippen molar-refractivity contribution in [2.45, 2.75) is 33.0 Å². The Morgan fingerprint density at radius 2 is 2.10 bits per heavy atom. The van der Waals surface area contributed by atoms with Crippen LogP contribution in [-0.4, -0.2) is 13.1 Å². The number of anilines is 1. The molecule has 0 bridgehead atoms. The summed E-state index contributed by atoms with van der Waals surface area (Å²) in [6.45, 7) is 6.18. The van der Waals surface area contributed by atoms with Crippen LogP contribution in [0.4, 0.5) is 5.69 Å². The molecule has 0 aliphatic carbocycles. The Morgan fingerprint density at radius 3 is 2.75 bits per heavy atom. The van der Waals surface area contributed by atoms with Gasteiger partial charge in [0, 0.05) is 36.3 Å². The first-order chi connectivity index (χ1) is 9.56. The van der Waals surface area contributed by atoms with Crippen molar-refractivity contribution in [3.63, 3.8) is 0 Å². The predicted molar refractivity (Wildman–Crippen MR) is 92.5 cm³/mol. The molecule has 1 N–H and O–H groups in total. The molecular weight excluding hydrogens is 332 g/mol. The lowest BCUT2D eigenvalue weighted by Gasteiger charge is -2.23. The first-order valence-electron chi connectivity index (χ1n) is 6.80. The lowest BCUT2D eigenvalue weighted by atomic mass is 10.1. The summed E-state index contributed by atoms with van der Waals surface area (Å²) in [6, 6.07) is 9.18. The van der Waals surface area contributed by atoms with E-state index in [4.69, 9.17) is 0 Å². The van der Waals surface area contributed by atoms with E-state index in [1.807, 2.05) is 0 Å². The standard InChI is InChI=1S/C16H21BrN2S/c1-12(2)18-9-14-4-5-15(17)8-16(14)19(3)10-13-6-7-20-11-13/h4-8,11-12,18H,9-10H2,1-3H3. The summed E-state index contributed by atoms with van der Waals surface area (Å²) in [5.41, 5.74) is 3.97.